The summed E-state index contributed by atoms with van der Waals surface area (Å²) in [6.45, 7) is 15.8. The van der Waals surface area contributed by atoms with Crippen molar-refractivity contribution in [3.8, 4) is 0 Å². The molecule has 1 saturated heterocycles. The van der Waals surface area contributed by atoms with Crippen LogP contribution >= 0.6 is 0 Å². The van der Waals surface area contributed by atoms with Crippen molar-refractivity contribution < 1.29 is 0 Å². The van der Waals surface area contributed by atoms with E-state index in [2.05, 4.69) is 39.5 Å². The standard InChI is InChI=1S/C15H29N/c1-12(2)6-13-7-15(8-13)10-16(11-15)9-14(3,4)5/h12-13H,6-11H2,1-5H3. The lowest BCUT2D eigenvalue weighted by Crippen LogP contribution is -2.63. The van der Waals surface area contributed by atoms with Crippen LogP contribution in [-0.4, -0.2) is 24.5 Å². The Kier molecular flexibility index (Phi) is 3.11. The maximum atomic E-state index is 2.66. The fourth-order valence-electron chi connectivity index (χ4n) is 3.94. The highest BCUT2D eigenvalue weighted by Gasteiger charge is 2.52. The molecule has 0 aromatic heterocycles. The minimum Gasteiger partial charge on any atom is -0.302 e. The topological polar surface area (TPSA) is 3.24 Å². The van der Waals surface area contributed by atoms with E-state index in [1.54, 1.807) is 0 Å². The van der Waals surface area contributed by atoms with Crippen LogP contribution in [0.5, 0.6) is 0 Å². The van der Waals surface area contributed by atoms with Crippen molar-refractivity contribution in [2.24, 2.45) is 22.7 Å². The second-order valence-corrected chi connectivity index (χ2v) is 8.11. The highest BCUT2D eigenvalue weighted by molar-refractivity contribution is 5.04. The summed E-state index contributed by atoms with van der Waals surface area (Å²) < 4.78 is 0. The van der Waals surface area contributed by atoms with E-state index >= 15 is 0 Å². The number of hydrogen-bond donors (Lipinski definition) is 0. The first-order chi connectivity index (χ1) is 7.28. The monoisotopic (exact) mass is 223 g/mol. The average Bonchev–Trinajstić information content (AvgIpc) is 1.92. The third-order valence-corrected chi connectivity index (χ3v) is 4.06. The molecule has 0 amide bonds. The SMILES string of the molecule is CC(C)CC1CC2(C1)CN(CC(C)(C)C)C2. The van der Waals surface area contributed by atoms with Gasteiger partial charge in [0.25, 0.3) is 0 Å². The molecular weight excluding hydrogens is 194 g/mol. The lowest BCUT2D eigenvalue weighted by atomic mass is 9.56. The van der Waals surface area contributed by atoms with Crippen molar-refractivity contribution in [2.75, 3.05) is 19.6 Å². The largest absolute Gasteiger partial charge is 0.302 e. The van der Waals surface area contributed by atoms with Crippen LogP contribution in [0.15, 0.2) is 0 Å². The Labute approximate surface area is 102 Å². The molecule has 1 nitrogen and oxygen atoms in total. The minimum absolute atomic E-state index is 0.475. The smallest absolute Gasteiger partial charge is 0.00509 e. The number of likely N-dealkylation sites (tertiary alicyclic amines) is 1. The van der Waals surface area contributed by atoms with Gasteiger partial charge < -0.3 is 4.90 Å². The van der Waals surface area contributed by atoms with Gasteiger partial charge in [0, 0.05) is 19.6 Å². The van der Waals surface area contributed by atoms with Crippen LogP contribution in [0.3, 0.4) is 0 Å². The van der Waals surface area contributed by atoms with Gasteiger partial charge in [-0.3, -0.25) is 0 Å². The van der Waals surface area contributed by atoms with E-state index in [-0.39, 0.29) is 0 Å². The Bertz CT molecular complexity index is 235. The predicted octanol–water partition coefficient (Wildman–Crippen LogP) is 3.79. The number of nitrogens with zero attached hydrogens (tertiary/aromatic N) is 1. The van der Waals surface area contributed by atoms with Gasteiger partial charge in [0.05, 0.1) is 0 Å². The van der Waals surface area contributed by atoms with E-state index < -0.39 is 0 Å². The summed E-state index contributed by atoms with van der Waals surface area (Å²) in [5.74, 6) is 1.95. The van der Waals surface area contributed by atoms with E-state index in [0.29, 0.717) is 5.41 Å². The average molecular weight is 223 g/mol. The Morgan fingerprint density at radius 3 is 2.19 bits per heavy atom. The molecule has 1 heteroatoms. The molecule has 0 N–H and O–H groups in total. The molecule has 0 aromatic rings. The highest BCUT2D eigenvalue weighted by atomic mass is 15.2. The summed E-state index contributed by atoms with van der Waals surface area (Å²) in [6, 6.07) is 0. The van der Waals surface area contributed by atoms with Crippen molar-refractivity contribution in [1.82, 2.24) is 4.90 Å². The first-order valence-electron chi connectivity index (χ1n) is 7.00. The third-order valence-electron chi connectivity index (χ3n) is 4.06. The maximum absolute atomic E-state index is 2.66. The summed E-state index contributed by atoms with van der Waals surface area (Å²) in [7, 11) is 0. The minimum atomic E-state index is 0.475. The van der Waals surface area contributed by atoms with Gasteiger partial charge in [-0.1, -0.05) is 34.6 Å². The van der Waals surface area contributed by atoms with Crippen LogP contribution in [0.25, 0.3) is 0 Å². The van der Waals surface area contributed by atoms with E-state index in [9.17, 15) is 0 Å². The normalized spacial score (nSPS) is 25.9. The third kappa shape index (κ3) is 2.80. The quantitative estimate of drug-likeness (QED) is 0.703. The molecule has 16 heavy (non-hydrogen) atoms. The molecule has 0 radical (unpaired) electrons. The summed E-state index contributed by atoms with van der Waals surface area (Å²) in [6.07, 6.45) is 4.50. The van der Waals surface area contributed by atoms with Crippen LogP contribution in [0.1, 0.15) is 53.9 Å². The van der Waals surface area contributed by atoms with Gasteiger partial charge in [-0.05, 0) is 41.9 Å². The van der Waals surface area contributed by atoms with E-state index in [1.807, 2.05) is 0 Å². The second kappa shape index (κ2) is 4.01. The molecule has 1 aliphatic carbocycles. The molecule has 0 bridgehead atoms. The van der Waals surface area contributed by atoms with Crippen LogP contribution in [-0.2, 0) is 0 Å². The van der Waals surface area contributed by atoms with Crippen molar-refractivity contribution in [3.05, 3.63) is 0 Å². The molecule has 2 rings (SSSR count). The molecule has 94 valence electrons. The lowest BCUT2D eigenvalue weighted by Gasteiger charge is -2.60. The van der Waals surface area contributed by atoms with E-state index in [1.165, 1.54) is 38.9 Å². The summed E-state index contributed by atoms with van der Waals surface area (Å²) >= 11 is 0. The molecule has 1 heterocycles. The van der Waals surface area contributed by atoms with Crippen molar-refractivity contribution in [3.63, 3.8) is 0 Å². The van der Waals surface area contributed by atoms with Gasteiger partial charge >= 0.3 is 0 Å². The zero-order chi connectivity index (χ0) is 12.0. The maximum Gasteiger partial charge on any atom is 0.00509 e. The molecule has 1 saturated carbocycles. The Morgan fingerprint density at radius 2 is 1.75 bits per heavy atom. The Morgan fingerprint density at radius 1 is 1.19 bits per heavy atom. The molecular formula is C15H29N. The van der Waals surface area contributed by atoms with Gasteiger partial charge in [-0.2, -0.15) is 0 Å². The zero-order valence-corrected chi connectivity index (χ0v) is 11.8. The Balaban J connectivity index is 1.67. The van der Waals surface area contributed by atoms with Gasteiger partial charge in [-0.25, -0.2) is 0 Å². The van der Waals surface area contributed by atoms with Crippen molar-refractivity contribution in [2.45, 2.75) is 53.9 Å². The fourth-order valence-corrected chi connectivity index (χ4v) is 3.94. The summed E-state index contributed by atoms with van der Waals surface area (Å²) in [5, 5.41) is 0. The number of rotatable bonds is 3. The van der Waals surface area contributed by atoms with E-state index in [0.717, 1.165) is 17.3 Å². The summed E-state index contributed by atoms with van der Waals surface area (Å²) in [4.78, 5) is 2.66. The van der Waals surface area contributed by atoms with Crippen LogP contribution in [0.4, 0.5) is 0 Å². The lowest BCUT2D eigenvalue weighted by molar-refractivity contribution is -0.108. The molecule has 1 spiro atoms. The van der Waals surface area contributed by atoms with E-state index in [4.69, 9.17) is 0 Å². The first-order valence-corrected chi connectivity index (χ1v) is 7.00. The Hall–Kier alpha value is -0.0400. The first kappa shape index (κ1) is 12.4. The second-order valence-electron chi connectivity index (χ2n) is 8.11. The molecule has 0 aromatic carbocycles. The molecule has 1 aliphatic heterocycles. The van der Waals surface area contributed by atoms with Crippen LogP contribution in [0.2, 0.25) is 0 Å². The molecule has 0 unspecified atom stereocenters. The van der Waals surface area contributed by atoms with Gasteiger partial charge in [-0.15, -0.1) is 0 Å². The van der Waals surface area contributed by atoms with Crippen molar-refractivity contribution >= 4 is 0 Å². The summed E-state index contributed by atoms with van der Waals surface area (Å²) in [5.41, 5.74) is 1.24. The predicted molar refractivity (Wildman–Crippen MR) is 70.5 cm³/mol. The number of hydrogen-bond acceptors (Lipinski definition) is 1. The molecule has 2 fully saturated rings. The van der Waals surface area contributed by atoms with Crippen LogP contribution in [0, 0.1) is 22.7 Å². The van der Waals surface area contributed by atoms with Crippen molar-refractivity contribution in [1.29, 1.82) is 0 Å². The van der Waals surface area contributed by atoms with Gasteiger partial charge in [0.15, 0.2) is 0 Å². The fraction of sp³-hybridized carbons (Fsp3) is 1.00. The zero-order valence-electron chi connectivity index (χ0n) is 11.8. The molecule has 2 aliphatic rings. The molecule has 0 atom stereocenters. The highest BCUT2D eigenvalue weighted by Crippen LogP contribution is 2.54. The van der Waals surface area contributed by atoms with Crippen LogP contribution < -0.4 is 0 Å². The van der Waals surface area contributed by atoms with Gasteiger partial charge in [0.2, 0.25) is 0 Å². The van der Waals surface area contributed by atoms with Gasteiger partial charge in [0.1, 0.15) is 0 Å².